The standard InChI is InChI=1S/C22H25N3O3/c1-15-11-17(16(2)25(15)14-21-5-4-10-28-21)12-18(13-23)22(26)24-19-6-8-20(27-3)9-7-19/h6-9,11-12,21H,4-5,10,14H2,1-3H3,(H,24,26)/b18-12+/t21-/m1/s1. The summed E-state index contributed by atoms with van der Waals surface area (Å²) in [5.74, 6) is 0.268. The molecule has 6 heteroatoms. The number of carbonyl (C=O) groups is 1. The van der Waals surface area contributed by atoms with Crippen molar-refractivity contribution in [1.29, 1.82) is 5.26 Å². The van der Waals surface area contributed by atoms with Crippen molar-refractivity contribution >= 4 is 17.7 Å². The van der Waals surface area contributed by atoms with Crippen LogP contribution in [0.4, 0.5) is 5.69 Å². The number of hydrogen-bond acceptors (Lipinski definition) is 4. The molecule has 1 amide bonds. The lowest BCUT2D eigenvalue weighted by molar-refractivity contribution is -0.112. The van der Waals surface area contributed by atoms with Gasteiger partial charge in [-0.15, -0.1) is 0 Å². The molecule has 0 bridgehead atoms. The number of aromatic nitrogens is 1. The second kappa shape index (κ2) is 8.77. The zero-order valence-corrected chi connectivity index (χ0v) is 16.5. The number of carbonyl (C=O) groups excluding carboxylic acids is 1. The Morgan fingerprint density at radius 2 is 2.14 bits per heavy atom. The van der Waals surface area contributed by atoms with Crippen LogP contribution in [0.5, 0.6) is 5.75 Å². The molecule has 3 rings (SSSR count). The van der Waals surface area contributed by atoms with Crippen molar-refractivity contribution in [3.05, 3.63) is 52.9 Å². The highest BCUT2D eigenvalue weighted by Gasteiger charge is 2.19. The lowest BCUT2D eigenvalue weighted by Crippen LogP contribution is -2.17. The molecule has 1 atom stereocenters. The summed E-state index contributed by atoms with van der Waals surface area (Å²) in [7, 11) is 1.58. The van der Waals surface area contributed by atoms with Crippen molar-refractivity contribution in [2.75, 3.05) is 19.0 Å². The number of ether oxygens (including phenoxy) is 2. The molecule has 1 aliphatic heterocycles. The number of nitriles is 1. The monoisotopic (exact) mass is 379 g/mol. The van der Waals surface area contributed by atoms with E-state index in [2.05, 4.69) is 9.88 Å². The summed E-state index contributed by atoms with van der Waals surface area (Å²) in [5.41, 5.74) is 3.66. The molecule has 2 heterocycles. The molecule has 1 aromatic carbocycles. The van der Waals surface area contributed by atoms with Crippen LogP contribution >= 0.6 is 0 Å². The highest BCUT2D eigenvalue weighted by Crippen LogP contribution is 2.22. The molecule has 0 spiro atoms. The minimum absolute atomic E-state index is 0.0631. The maximum Gasteiger partial charge on any atom is 0.266 e. The third kappa shape index (κ3) is 4.44. The van der Waals surface area contributed by atoms with E-state index in [1.54, 1.807) is 37.5 Å². The van der Waals surface area contributed by atoms with Gasteiger partial charge in [0, 0.05) is 30.2 Å². The van der Waals surface area contributed by atoms with Crippen LogP contribution in [-0.4, -0.2) is 30.3 Å². The molecule has 2 aromatic rings. The van der Waals surface area contributed by atoms with Gasteiger partial charge >= 0.3 is 0 Å². The third-order valence-electron chi connectivity index (χ3n) is 5.04. The van der Waals surface area contributed by atoms with E-state index in [4.69, 9.17) is 9.47 Å². The van der Waals surface area contributed by atoms with Crippen LogP contribution < -0.4 is 10.1 Å². The van der Waals surface area contributed by atoms with Gasteiger partial charge in [-0.25, -0.2) is 0 Å². The Morgan fingerprint density at radius 3 is 2.75 bits per heavy atom. The molecule has 0 saturated carbocycles. The van der Waals surface area contributed by atoms with Gasteiger partial charge in [0.05, 0.1) is 13.2 Å². The third-order valence-corrected chi connectivity index (χ3v) is 5.04. The molecule has 6 nitrogen and oxygen atoms in total. The van der Waals surface area contributed by atoms with E-state index in [9.17, 15) is 10.1 Å². The number of aryl methyl sites for hydroxylation is 1. The Labute approximate surface area is 165 Å². The van der Waals surface area contributed by atoms with Crippen molar-refractivity contribution in [2.24, 2.45) is 0 Å². The number of nitrogens with zero attached hydrogens (tertiary/aromatic N) is 2. The molecule has 28 heavy (non-hydrogen) atoms. The SMILES string of the molecule is COc1ccc(NC(=O)/C(C#N)=C/c2cc(C)n(C[C@H]3CCCO3)c2C)cc1. The summed E-state index contributed by atoms with van der Waals surface area (Å²) in [6, 6.07) is 11.0. The van der Waals surface area contributed by atoms with Gasteiger partial charge in [0.2, 0.25) is 0 Å². The number of rotatable bonds is 6. The number of benzene rings is 1. The maximum atomic E-state index is 12.5. The van der Waals surface area contributed by atoms with Gasteiger partial charge in [-0.05, 0) is 68.7 Å². The molecule has 1 N–H and O–H groups in total. The van der Waals surface area contributed by atoms with E-state index >= 15 is 0 Å². The minimum atomic E-state index is -0.434. The Hall–Kier alpha value is -3.04. The normalized spacial score (nSPS) is 16.6. The molecule has 0 unspecified atom stereocenters. The first-order chi connectivity index (χ1) is 13.5. The molecule has 1 saturated heterocycles. The van der Waals surface area contributed by atoms with Crippen LogP contribution in [0.15, 0.2) is 35.9 Å². The van der Waals surface area contributed by atoms with Crippen LogP contribution in [0.25, 0.3) is 6.08 Å². The molecular weight excluding hydrogens is 354 g/mol. The Kier molecular flexibility index (Phi) is 6.17. The first-order valence-corrected chi connectivity index (χ1v) is 9.37. The van der Waals surface area contributed by atoms with Gasteiger partial charge in [-0.2, -0.15) is 5.26 Å². The highest BCUT2D eigenvalue weighted by atomic mass is 16.5. The van der Waals surface area contributed by atoms with E-state index in [1.165, 1.54) is 0 Å². The predicted octanol–water partition coefficient (Wildman–Crippen LogP) is 3.84. The second-order valence-electron chi connectivity index (χ2n) is 6.92. The molecule has 1 fully saturated rings. The average molecular weight is 379 g/mol. The fourth-order valence-corrected chi connectivity index (χ4v) is 3.42. The number of anilines is 1. The van der Waals surface area contributed by atoms with Crippen LogP contribution in [0.1, 0.15) is 29.8 Å². The topological polar surface area (TPSA) is 76.3 Å². The minimum Gasteiger partial charge on any atom is -0.497 e. The van der Waals surface area contributed by atoms with E-state index < -0.39 is 5.91 Å². The fourth-order valence-electron chi connectivity index (χ4n) is 3.42. The lowest BCUT2D eigenvalue weighted by atomic mass is 10.1. The van der Waals surface area contributed by atoms with E-state index in [0.29, 0.717) is 11.4 Å². The Bertz CT molecular complexity index is 914. The van der Waals surface area contributed by atoms with Crippen molar-refractivity contribution in [3.63, 3.8) is 0 Å². The van der Waals surface area contributed by atoms with Gasteiger partial charge in [-0.1, -0.05) is 0 Å². The highest BCUT2D eigenvalue weighted by molar-refractivity contribution is 6.09. The molecular formula is C22H25N3O3. The Balaban J connectivity index is 1.77. The number of amides is 1. The van der Waals surface area contributed by atoms with Crippen molar-refractivity contribution in [3.8, 4) is 11.8 Å². The first kappa shape index (κ1) is 19.7. The summed E-state index contributed by atoms with van der Waals surface area (Å²) < 4.78 is 13.0. The first-order valence-electron chi connectivity index (χ1n) is 9.37. The zero-order chi connectivity index (χ0) is 20.1. The summed E-state index contributed by atoms with van der Waals surface area (Å²) in [6.45, 7) is 5.65. The number of hydrogen-bond donors (Lipinski definition) is 1. The smallest absolute Gasteiger partial charge is 0.266 e. The van der Waals surface area contributed by atoms with Gasteiger partial charge < -0.3 is 19.4 Å². The quantitative estimate of drug-likeness (QED) is 0.611. The zero-order valence-electron chi connectivity index (χ0n) is 16.5. The molecule has 146 valence electrons. The van der Waals surface area contributed by atoms with Gasteiger partial charge in [0.15, 0.2) is 0 Å². The van der Waals surface area contributed by atoms with E-state index in [1.807, 2.05) is 26.0 Å². The molecule has 1 aromatic heterocycles. The molecule has 1 aliphatic rings. The van der Waals surface area contributed by atoms with Crippen molar-refractivity contribution in [1.82, 2.24) is 4.57 Å². The lowest BCUT2D eigenvalue weighted by Gasteiger charge is -2.14. The van der Waals surface area contributed by atoms with Crippen LogP contribution in [0.2, 0.25) is 0 Å². The average Bonchev–Trinajstić information content (AvgIpc) is 3.30. The van der Waals surface area contributed by atoms with Crippen LogP contribution in [-0.2, 0) is 16.1 Å². The summed E-state index contributed by atoms with van der Waals surface area (Å²) in [5, 5.41) is 12.2. The molecule has 0 radical (unpaired) electrons. The van der Waals surface area contributed by atoms with Crippen LogP contribution in [0.3, 0.4) is 0 Å². The second-order valence-corrected chi connectivity index (χ2v) is 6.92. The van der Waals surface area contributed by atoms with E-state index in [0.717, 1.165) is 42.9 Å². The van der Waals surface area contributed by atoms with E-state index in [-0.39, 0.29) is 11.7 Å². The Morgan fingerprint density at radius 1 is 1.39 bits per heavy atom. The summed E-state index contributed by atoms with van der Waals surface area (Å²) in [6.07, 6.45) is 4.04. The molecule has 0 aliphatic carbocycles. The van der Waals surface area contributed by atoms with Gasteiger partial charge in [-0.3, -0.25) is 4.79 Å². The predicted molar refractivity (Wildman–Crippen MR) is 108 cm³/mol. The summed E-state index contributed by atoms with van der Waals surface area (Å²) in [4.78, 5) is 12.5. The van der Waals surface area contributed by atoms with Crippen molar-refractivity contribution < 1.29 is 14.3 Å². The summed E-state index contributed by atoms with van der Waals surface area (Å²) >= 11 is 0. The fraction of sp³-hybridized carbons (Fsp3) is 0.364. The largest absolute Gasteiger partial charge is 0.497 e. The van der Waals surface area contributed by atoms with Crippen molar-refractivity contribution in [2.45, 2.75) is 39.3 Å². The van der Waals surface area contributed by atoms with Gasteiger partial charge in [0.25, 0.3) is 5.91 Å². The number of nitrogens with one attached hydrogen (secondary N) is 1. The number of methoxy groups -OCH3 is 1. The van der Waals surface area contributed by atoms with Crippen LogP contribution in [0, 0.1) is 25.2 Å². The van der Waals surface area contributed by atoms with Gasteiger partial charge in [0.1, 0.15) is 17.4 Å². The maximum absolute atomic E-state index is 12.5.